The van der Waals surface area contributed by atoms with E-state index in [1.165, 1.54) is 19.8 Å². The molecule has 0 atom stereocenters. The van der Waals surface area contributed by atoms with Crippen LogP contribution in [0.15, 0.2) is 22.8 Å². The predicted molar refractivity (Wildman–Crippen MR) is 116 cm³/mol. The van der Waals surface area contributed by atoms with Gasteiger partial charge in [-0.15, -0.1) is 0 Å². The molecular formula is C24H32N2O5. The fraction of sp³-hybridized carbons (Fsp3) is 0.542. The van der Waals surface area contributed by atoms with Crippen molar-refractivity contribution in [2.24, 2.45) is 5.92 Å². The average molecular weight is 429 g/mol. The number of ketones is 1. The third kappa shape index (κ3) is 4.75. The Morgan fingerprint density at radius 3 is 2.48 bits per heavy atom. The summed E-state index contributed by atoms with van der Waals surface area (Å²) in [5.74, 6) is -0.301. The molecule has 1 amide bonds. The lowest BCUT2D eigenvalue weighted by Gasteiger charge is -2.29. The van der Waals surface area contributed by atoms with Crippen LogP contribution >= 0.6 is 0 Å². The molecule has 7 heteroatoms. The molecule has 0 spiro atoms. The summed E-state index contributed by atoms with van der Waals surface area (Å²) in [5, 5.41) is 0. The number of aromatic nitrogens is 1. The number of Topliss-reactive ketones (excluding diaryl/α,β-unsaturated/α-hetero) is 1. The lowest BCUT2D eigenvalue weighted by Crippen LogP contribution is -2.39. The fourth-order valence-electron chi connectivity index (χ4n) is 4.77. The Balaban J connectivity index is 1.90. The summed E-state index contributed by atoms with van der Waals surface area (Å²) in [7, 11) is 1.33. The fourth-order valence-corrected chi connectivity index (χ4v) is 4.77. The van der Waals surface area contributed by atoms with Crippen LogP contribution in [0.4, 0.5) is 0 Å². The Bertz CT molecular complexity index is 936. The van der Waals surface area contributed by atoms with Crippen LogP contribution in [0.3, 0.4) is 0 Å². The van der Waals surface area contributed by atoms with E-state index in [1.807, 2.05) is 13.8 Å². The zero-order chi connectivity index (χ0) is 22.5. The molecule has 2 aromatic heterocycles. The maximum absolute atomic E-state index is 13.4. The molecule has 2 heterocycles. The van der Waals surface area contributed by atoms with Crippen molar-refractivity contribution in [1.29, 1.82) is 0 Å². The third-order valence-electron chi connectivity index (χ3n) is 6.30. The van der Waals surface area contributed by atoms with Gasteiger partial charge in [-0.25, -0.2) is 4.79 Å². The number of furan rings is 1. The number of hydrogen-bond acceptors (Lipinski definition) is 5. The van der Waals surface area contributed by atoms with Gasteiger partial charge < -0.3 is 18.6 Å². The molecule has 0 aliphatic heterocycles. The van der Waals surface area contributed by atoms with Crippen molar-refractivity contribution in [2.75, 3.05) is 20.2 Å². The Kier molecular flexibility index (Phi) is 7.36. The van der Waals surface area contributed by atoms with Gasteiger partial charge in [0.05, 0.1) is 19.9 Å². The topological polar surface area (TPSA) is 81.8 Å². The summed E-state index contributed by atoms with van der Waals surface area (Å²) in [5.41, 5.74) is 2.19. The third-order valence-corrected chi connectivity index (χ3v) is 6.30. The molecule has 168 valence electrons. The SMILES string of the molecule is CCn1c(C)c(C(=O)CN(CC2CCCCC2)C(=O)c2ccco2)c(C)c1C(=O)OC. The molecule has 7 nitrogen and oxygen atoms in total. The molecule has 1 aliphatic rings. The lowest BCUT2D eigenvalue weighted by molar-refractivity contribution is 0.0587. The van der Waals surface area contributed by atoms with Gasteiger partial charge in [-0.2, -0.15) is 0 Å². The smallest absolute Gasteiger partial charge is 0.354 e. The van der Waals surface area contributed by atoms with Gasteiger partial charge in [0.15, 0.2) is 11.5 Å². The van der Waals surface area contributed by atoms with Gasteiger partial charge >= 0.3 is 5.97 Å². The number of esters is 1. The second-order valence-corrected chi connectivity index (χ2v) is 8.26. The average Bonchev–Trinajstić information content (AvgIpc) is 3.39. The summed E-state index contributed by atoms with van der Waals surface area (Å²) in [6.45, 7) is 6.53. The minimum absolute atomic E-state index is 0.0496. The molecule has 31 heavy (non-hydrogen) atoms. The molecule has 1 fully saturated rings. The van der Waals surface area contributed by atoms with Gasteiger partial charge in [-0.3, -0.25) is 9.59 Å². The van der Waals surface area contributed by atoms with Crippen LogP contribution in [0.2, 0.25) is 0 Å². The monoisotopic (exact) mass is 428 g/mol. The molecule has 0 radical (unpaired) electrons. The van der Waals surface area contributed by atoms with Crippen LogP contribution in [0, 0.1) is 19.8 Å². The van der Waals surface area contributed by atoms with Crippen molar-refractivity contribution < 1.29 is 23.5 Å². The summed E-state index contributed by atoms with van der Waals surface area (Å²) in [6, 6.07) is 3.30. The zero-order valence-corrected chi connectivity index (χ0v) is 18.9. The van der Waals surface area contributed by atoms with Crippen LogP contribution in [0.1, 0.15) is 81.7 Å². The van der Waals surface area contributed by atoms with Crippen molar-refractivity contribution in [1.82, 2.24) is 9.47 Å². The van der Waals surface area contributed by atoms with Gasteiger partial charge in [0, 0.05) is 24.3 Å². The van der Waals surface area contributed by atoms with E-state index in [-0.39, 0.29) is 24.0 Å². The van der Waals surface area contributed by atoms with Gasteiger partial charge in [-0.1, -0.05) is 19.3 Å². The number of rotatable bonds is 8. The lowest BCUT2D eigenvalue weighted by atomic mass is 9.88. The molecule has 0 bridgehead atoms. The maximum Gasteiger partial charge on any atom is 0.354 e. The van der Waals surface area contributed by atoms with Crippen LogP contribution < -0.4 is 0 Å². The van der Waals surface area contributed by atoms with E-state index in [1.54, 1.807) is 28.5 Å². The first-order valence-electron chi connectivity index (χ1n) is 11.0. The molecular weight excluding hydrogens is 396 g/mol. The minimum atomic E-state index is -0.466. The molecule has 0 saturated heterocycles. The highest BCUT2D eigenvalue weighted by molar-refractivity contribution is 6.05. The van der Waals surface area contributed by atoms with Crippen LogP contribution in [-0.2, 0) is 11.3 Å². The largest absolute Gasteiger partial charge is 0.464 e. The highest BCUT2D eigenvalue weighted by Gasteiger charge is 2.30. The first-order valence-corrected chi connectivity index (χ1v) is 11.0. The highest BCUT2D eigenvalue weighted by Crippen LogP contribution is 2.27. The van der Waals surface area contributed by atoms with Crippen LogP contribution in [0.5, 0.6) is 0 Å². The van der Waals surface area contributed by atoms with Crippen LogP contribution in [0.25, 0.3) is 0 Å². The number of amides is 1. The van der Waals surface area contributed by atoms with E-state index in [0.717, 1.165) is 25.7 Å². The number of hydrogen-bond donors (Lipinski definition) is 0. The van der Waals surface area contributed by atoms with E-state index >= 15 is 0 Å². The van der Waals surface area contributed by atoms with Crippen molar-refractivity contribution in [3.8, 4) is 0 Å². The molecule has 0 unspecified atom stereocenters. The summed E-state index contributed by atoms with van der Waals surface area (Å²) < 4.78 is 12.0. The number of carbonyl (C=O) groups is 3. The van der Waals surface area contributed by atoms with E-state index < -0.39 is 5.97 Å². The number of nitrogens with zero attached hydrogens (tertiary/aromatic N) is 2. The zero-order valence-electron chi connectivity index (χ0n) is 18.9. The van der Waals surface area contributed by atoms with Gasteiger partial charge in [0.2, 0.25) is 0 Å². The quantitative estimate of drug-likeness (QED) is 0.459. The van der Waals surface area contributed by atoms with Gasteiger partial charge in [-0.05, 0) is 57.2 Å². The van der Waals surface area contributed by atoms with E-state index in [4.69, 9.17) is 9.15 Å². The Morgan fingerprint density at radius 1 is 1.19 bits per heavy atom. The summed E-state index contributed by atoms with van der Waals surface area (Å²) in [4.78, 5) is 40.4. The minimum Gasteiger partial charge on any atom is -0.464 e. The molecule has 1 aliphatic carbocycles. The molecule has 1 saturated carbocycles. The normalized spacial score (nSPS) is 14.5. The first kappa shape index (κ1) is 22.8. The van der Waals surface area contributed by atoms with Crippen molar-refractivity contribution in [2.45, 2.75) is 59.4 Å². The van der Waals surface area contributed by atoms with Gasteiger partial charge in [0.1, 0.15) is 5.69 Å². The summed E-state index contributed by atoms with van der Waals surface area (Å²) in [6.07, 6.45) is 7.12. The van der Waals surface area contributed by atoms with E-state index in [0.29, 0.717) is 41.5 Å². The predicted octanol–water partition coefficient (Wildman–Crippen LogP) is 4.41. The second kappa shape index (κ2) is 9.98. The van der Waals surface area contributed by atoms with Gasteiger partial charge in [0.25, 0.3) is 5.91 Å². The Hall–Kier alpha value is -2.83. The maximum atomic E-state index is 13.4. The molecule has 0 aromatic carbocycles. The van der Waals surface area contributed by atoms with Crippen LogP contribution in [-0.4, -0.2) is 47.3 Å². The molecule has 3 rings (SSSR count). The number of ether oxygens (including phenoxy) is 1. The van der Waals surface area contributed by atoms with E-state index in [9.17, 15) is 14.4 Å². The highest BCUT2D eigenvalue weighted by atomic mass is 16.5. The second-order valence-electron chi connectivity index (χ2n) is 8.26. The molecule has 0 N–H and O–H groups in total. The first-order chi connectivity index (χ1) is 14.9. The standard InChI is InChI=1S/C24H32N2O5/c1-5-26-17(3)21(16(2)22(26)24(29)30-4)19(27)15-25(14-18-10-7-6-8-11-18)23(28)20-12-9-13-31-20/h9,12-13,18H,5-8,10-11,14-15H2,1-4H3. The van der Waals surface area contributed by atoms with E-state index in [2.05, 4.69) is 0 Å². The van der Waals surface area contributed by atoms with Crippen molar-refractivity contribution in [3.05, 3.63) is 46.7 Å². The van der Waals surface area contributed by atoms with Crippen molar-refractivity contribution >= 4 is 17.7 Å². The Morgan fingerprint density at radius 2 is 1.90 bits per heavy atom. The molecule has 2 aromatic rings. The van der Waals surface area contributed by atoms with Crippen molar-refractivity contribution in [3.63, 3.8) is 0 Å². The number of carbonyl (C=O) groups excluding carboxylic acids is 3. The summed E-state index contributed by atoms with van der Waals surface area (Å²) >= 11 is 0. The number of methoxy groups -OCH3 is 1. The Labute approximate surface area is 183 Å².